The van der Waals surface area contributed by atoms with E-state index in [-0.39, 0.29) is 23.3 Å². The van der Waals surface area contributed by atoms with E-state index in [1.54, 1.807) is 11.0 Å². The minimum atomic E-state index is -3.69. The lowest BCUT2D eigenvalue weighted by Crippen LogP contribution is -2.49. The second kappa shape index (κ2) is 7.65. The third-order valence-electron chi connectivity index (χ3n) is 5.21. The van der Waals surface area contributed by atoms with Gasteiger partial charge in [-0.25, -0.2) is 8.42 Å². The van der Waals surface area contributed by atoms with Gasteiger partial charge in [0.15, 0.2) is 11.5 Å². The Balaban J connectivity index is 1.50. The number of hydrogen-bond acceptors (Lipinski definition) is 6. The van der Waals surface area contributed by atoms with Crippen LogP contribution >= 0.6 is 0 Å². The predicted molar refractivity (Wildman–Crippen MR) is 96.3 cm³/mol. The van der Waals surface area contributed by atoms with Gasteiger partial charge in [-0.3, -0.25) is 4.79 Å². The first-order valence-electron chi connectivity index (χ1n) is 9.32. The molecule has 0 aromatic heterocycles. The largest absolute Gasteiger partial charge is 0.486 e. The second-order valence-electron chi connectivity index (χ2n) is 6.95. The lowest BCUT2D eigenvalue weighted by atomic mass is 9.98. The molecule has 1 amide bonds. The van der Waals surface area contributed by atoms with Crippen molar-refractivity contribution in [2.24, 2.45) is 5.92 Å². The van der Waals surface area contributed by atoms with Gasteiger partial charge in [-0.15, -0.1) is 0 Å². The maximum Gasteiger partial charge on any atom is 0.243 e. The van der Waals surface area contributed by atoms with Gasteiger partial charge >= 0.3 is 0 Å². The topological polar surface area (TPSA) is 85.4 Å². The zero-order valence-electron chi connectivity index (χ0n) is 15.1. The fourth-order valence-corrected chi connectivity index (χ4v) is 5.28. The molecule has 2 fully saturated rings. The van der Waals surface area contributed by atoms with Gasteiger partial charge in [0.1, 0.15) is 13.2 Å². The molecule has 0 N–H and O–H groups in total. The number of sulfonamides is 1. The number of ether oxygens (including phenoxy) is 3. The number of rotatable bonds is 3. The molecule has 1 aromatic rings. The number of morpholine rings is 1. The van der Waals surface area contributed by atoms with E-state index in [4.69, 9.17) is 14.2 Å². The highest BCUT2D eigenvalue weighted by atomic mass is 32.2. The van der Waals surface area contributed by atoms with Crippen LogP contribution in [0.3, 0.4) is 0 Å². The van der Waals surface area contributed by atoms with Crippen molar-refractivity contribution in [3.63, 3.8) is 0 Å². The van der Waals surface area contributed by atoms with Crippen molar-refractivity contribution in [2.45, 2.75) is 17.7 Å². The highest BCUT2D eigenvalue weighted by Crippen LogP contribution is 2.34. The lowest BCUT2D eigenvalue weighted by Gasteiger charge is -2.35. The van der Waals surface area contributed by atoms with Crippen molar-refractivity contribution >= 4 is 15.9 Å². The third kappa shape index (κ3) is 3.76. The normalized spacial score (nSPS) is 23.9. The fourth-order valence-electron chi connectivity index (χ4n) is 3.74. The van der Waals surface area contributed by atoms with Crippen molar-refractivity contribution in [1.82, 2.24) is 9.21 Å². The van der Waals surface area contributed by atoms with Crippen LogP contribution < -0.4 is 9.47 Å². The Kier molecular flexibility index (Phi) is 5.25. The molecule has 0 aliphatic carbocycles. The molecule has 27 heavy (non-hydrogen) atoms. The van der Waals surface area contributed by atoms with E-state index in [2.05, 4.69) is 0 Å². The number of fused-ring (bicyclic) bond motifs is 1. The minimum Gasteiger partial charge on any atom is -0.486 e. The summed E-state index contributed by atoms with van der Waals surface area (Å²) in [6, 6.07) is 4.68. The maximum absolute atomic E-state index is 13.1. The monoisotopic (exact) mass is 396 g/mol. The number of piperidine rings is 1. The van der Waals surface area contributed by atoms with E-state index < -0.39 is 10.0 Å². The third-order valence-corrected chi connectivity index (χ3v) is 7.07. The van der Waals surface area contributed by atoms with Gasteiger partial charge in [0, 0.05) is 32.2 Å². The molecule has 3 aliphatic heterocycles. The van der Waals surface area contributed by atoms with Crippen molar-refractivity contribution in [2.75, 3.05) is 52.6 Å². The number of benzene rings is 1. The van der Waals surface area contributed by atoms with Crippen LogP contribution in [0.15, 0.2) is 23.1 Å². The Morgan fingerprint density at radius 2 is 1.74 bits per heavy atom. The van der Waals surface area contributed by atoms with Gasteiger partial charge in [-0.05, 0) is 25.0 Å². The van der Waals surface area contributed by atoms with E-state index in [0.717, 1.165) is 0 Å². The predicted octanol–water partition coefficient (Wildman–Crippen LogP) is 0.717. The first-order valence-corrected chi connectivity index (χ1v) is 10.8. The van der Waals surface area contributed by atoms with Crippen LogP contribution in [0.2, 0.25) is 0 Å². The summed E-state index contributed by atoms with van der Waals surface area (Å²) in [6.07, 6.45) is 1.38. The van der Waals surface area contributed by atoms with E-state index >= 15 is 0 Å². The molecule has 8 nitrogen and oxygen atoms in total. The van der Waals surface area contributed by atoms with Crippen LogP contribution in [0.4, 0.5) is 0 Å². The Bertz CT molecular complexity index is 806. The molecule has 9 heteroatoms. The highest BCUT2D eigenvalue weighted by Gasteiger charge is 2.35. The first-order chi connectivity index (χ1) is 13.1. The zero-order valence-corrected chi connectivity index (χ0v) is 15.9. The van der Waals surface area contributed by atoms with Crippen LogP contribution in [0.25, 0.3) is 0 Å². The van der Waals surface area contributed by atoms with Crippen LogP contribution in [-0.2, 0) is 19.6 Å². The average Bonchev–Trinajstić information content (AvgIpc) is 2.73. The molecule has 3 heterocycles. The standard InChI is InChI=1S/C18H24N2O6S/c21-18(19-6-8-24-9-7-19)14-2-1-5-20(13-14)27(22,23)15-3-4-16-17(12-15)26-11-10-25-16/h3-4,12,14H,1-2,5-11,13H2/t14-/m1/s1. The quantitative estimate of drug-likeness (QED) is 0.748. The summed E-state index contributed by atoms with van der Waals surface area (Å²) in [5.74, 6) is 0.726. The lowest BCUT2D eigenvalue weighted by molar-refractivity contribution is -0.140. The van der Waals surface area contributed by atoms with Gasteiger partial charge in [0.05, 0.1) is 24.0 Å². The molecule has 0 spiro atoms. The SMILES string of the molecule is O=C([C@@H]1CCCN(S(=O)(=O)c2ccc3c(c2)OCCO3)C1)N1CCOCC1. The van der Waals surface area contributed by atoms with Gasteiger partial charge in [-0.2, -0.15) is 4.31 Å². The Morgan fingerprint density at radius 1 is 1.00 bits per heavy atom. The molecule has 3 aliphatic rings. The van der Waals surface area contributed by atoms with Crippen molar-refractivity contribution in [3.05, 3.63) is 18.2 Å². The Morgan fingerprint density at radius 3 is 2.52 bits per heavy atom. The Labute approximate surface area is 159 Å². The number of carbonyl (C=O) groups excluding carboxylic acids is 1. The van der Waals surface area contributed by atoms with Crippen molar-refractivity contribution in [1.29, 1.82) is 0 Å². The second-order valence-corrected chi connectivity index (χ2v) is 8.88. The summed E-state index contributed by atoms with van der Waals surface area (Å²) in [7, 11) is -3.69. The van der Waals surface area contributed by atoms with E-state index in [1.807, 2.05) is 0 Å². The van der Waals surface area contributed by atoms with E-state index in [0.29, 0.717) is 70.4 Å². The van der Waals surface area contributed by atoms with Crippen LogP contribution in [-0.4, -0.2) is 76.1 Å². The summed E-state index contributed by atoms with van der Waals surface area (Å²) < 4.78 is 43.9. The van der Waals surface area contributed by atoms with Gasteiger partial charge < -0.3 is 19.1 Å². The fraction of sp³-hybridized carbons (Fsp3) is 0.611. The summed E-state index contributed by atoms with van der Waals surface area (Å²) in [6.45, 7) is 3.72. The van der Waals surface area contributed by atoms with Gasteiger partial charge in [0.25, 0.3) is 0 Å². The summed E-state index contributed by atoms with van der Waals surface area (Å²) >= 11 is 0. The molecule has 2 saturated heterocycles. The first kappa shape index (κ1) is 18.5. The molecular formula is C18H24N2O6S. The van der Waals surface area contributed by atoms with Crippen LogP contribution in [0, 0.1) is 5.92 Å². The van der Waals surface area contributed by atoms with Gasteiger partial charge in [0.2, 0.25) is 15.9 Å². The molecular weight excluding hydrogens is 372 g/mol. The van der Waals surface area contributed by atoms with Crippen LogP contribution in [0.5, 0.6) is 11.5 Å². The molecule has 0 radical (unpaired) electrons. The molecule has 148 valence electrons. The molecule has 0 saturated carbocycles. The van der Waals surface area contributed by atoms with Crippen molar-refractivity contribution in [3.8, 4) is 11.5 Å². The van der Waals surface area contributed by atoms with E-state index in [9.17, 15) is 13.2 Å². The van der Waals surface area contributed by atoms with Crippen molar-refractivity contribution < 1.29 is 27.4 Å². The summed E-state index contributed by atoms with van der Waals surface area (Å²) in [4.78, 5) is 14.7. The number of amides is 1. The summed E-state index contributed by atoms with van der Waals surface area (Å²) in [5.41, 5.74) is 0. The molecule has 0 bridgehead atoms. The summed E-state index contributed by atoms with van der Waals surface area (Å²) in [5, 5.41) is 0. The average molecular weight is 396 g/mol. The number of nitrogens with zero attached hydrogens (tertiary/aromatic N) is 2. The number of hydrogen-bond donors (Lipinski definition) is 0. The zero-order chi connectivity index (χ0) is 18.9. The molecule has 0 unspecified atom stereocenters. The van der Waals surface area contributed by atoms with Crippen LogP contribution in [0.1, 0.15) is 12.8 Å². The van der Waals surface area contributed by atoms with Gasteiger partial charge in [-0.1, -0.05) is 0 Å². The highest BCUT2D eigenvalue weighted by molar-refractivity contribution is 7.89. The molecule has 1 atom stereocenters. The number of carbonyl (C=O) groups is 1. The smallest absolute Gasteiger partial charge is 0.243 e. The minimum absolute atomic E-state index is 0.0281. The molecule has 4 rings (SSSR count). The van der Waals surface area contributed by atoms with E-state index in [1.165, 1.54) is 16.4 Å². The maximum atomic E-state index is 13.1. The Hall–Kier alpha value is -1.84. The molecule has 1 aromatic carbocycles.